The number of para-hydroxylation sites is 1. The molecule has 25 heavy (non-hydrogen) atoms. The molecular weight excluding hydrogens is 318 g/mol. The van der Waals surface area contributed by atoms with E-state index in [1.54, 1.807) is 18.1 Å². The van der Waals surface area contributed by atoms with E-state index < -0.39 is 0 Å². The van der Waals surface area contributed by atoms with Gasteiger partial charge in [-0.15, -0.1) is 0 Å². The number of likely N-dealkylation sites (tertiary alicyclic amines) is 1. The van der Waals surface area contributed by atoms with Gasteiger partial charge in [-0.3, -0.25) is 4.79 Å². The Bertz CT molecular complexity index is 701. The highest BCUT2D eigenvalue weighted by Crippen LogP contribution is 2.23. The van der Waals surface area contributed by atoms with Crippen LogP contribution in [0.25, 0.3) is 0 Å². The number of benzene rings is 1. The number of hydrogen-bond acceptors (Lipinski definition) is 3. The summed E-state index contributed by atoms with van der Waals surface area (Å²) in [6.07, 6.45) is 3.19. The molecule has 0 spiro atoms. The number of urea groups is 1. The van der Waals surface area contributed by atoms with Gasteiger partial charge in [-0.25, -0.2) is 4.79 Å². The molecule has 134 valence electrons. The lowest BCUT2D eigenvalue weighted by atomic mass is 9.99. The van der Waals surface area contributed by atoms with Gasteiger partial charge >= 0.3 is 6.03 Å². The highest BCUT2D eigenvalue weighted by atomic mass is 16.5. The van der Waals surface area contributed by atoms with E-state index in [-0.39, 0.29) is 24.0 Å². The van der Waals surface area contributed by atoms with E-state index in [2.05, 4.69) is 5.32 Å². The molecule has 6 heteroatoms. The lowest BCUT2D eigenvalue weighted by Gasteiger charge is -2.35. The van der Waals surface area contributed by atoms with Gasteiger partial charge < -0.3 is 19.9 Å². The van der Waals surface area contributed by atoms with Gasteiger partial charge in [0.2, 0.25) is 5.91 Å². The summed E-state index contributed by atoms with van der Waals surface area (Å²) in [5.41, 5.74) is 2.05. The number of methoxy groups -OCH3 is 1. The molecule has 0 radical (unpaired) electrons. The van der Waals surface area contributed by atoms with Crippen LogP contribution < -0.4 is 10.1 Å². The van der Waals surface area contributed by atoms with Crippen LogP contribution in [0.3, 0.4) is 0 Å². The number of allylic oxidation sites excluding steroid dienone is 1. The molecule has 0 aliphatic carbocycles. The molecule has 2 heterocycles. The summed E-state index contributed by atoms with van der Waals surface area (Å²) >= 11 is 0. The lowest BCUT2D eigenvalue weighted by molar-refractivity contribution is -0.127. The first-order valence-corrected chi connectivity index (χ1v) is 8.61. The molecule has 2 saturated heterocycles. The Balaban J connectivity index is 1.63. The second kappa shape index (κ2) is 7.17. The number of nitrogens with zero attached hydrogens (tertiary/aromatic N) is 2. The summed E-state index contributed by atoms with van der Waals surface area (Å²) in [5.74, 6) is 0.842. The Labute approximate surface area is 148 Å². The third kappa shape index (κ3) is 3.62. The number of ether oxygens (including phenoxy) is 1. The van der Waals surface area contributed by atoms with Crippen molar-refractivity contribution in [1.82, 2.24) is 15.1 Å². The minimum absolute atomic E-state index is 0.00894. The van der Waals surface area contributed by atoms with E-state index in [0.29, 0.717) is 19.5 Å². The number of carbonyl (C=O) groups excluding carboxylic acids is 2. The number of hydrogen-bond donors (Lipinski definition) is 1. The molecule has 1 aromatic carbocycles. The van der Waals surface area contributed by atoms with Crippen molar-refractivity contribution in [3.05, 3.63) is 41.5 Å². The summed E-state index contributed by atoms with van der Waals surface area (Å²) in [5, 5.41) is 2.95. The van der Waals surface area contributed by atoms with E-state index in [1.807, 2.05) is 43.1 Å². The van der Waals surface area contributed by atoms with Gasteiger partial charge in [0.05, 0.1) is 19.2 Å². The first-order chi connectivity index (χ1) is 12.0. The number of rotatable bonds is 4. The third-order valence-corrected chi connectivity index (χ3v) is 5.05. The van der Waals surface area contributed by atoms with Crippen LogP contribution in [-0.4, -0.2) is 61.1 Å². The Morgan fingerprint density at radius 3 is 2.92 bits per heavy atom. The first-order valence-electron chi connectivity index (χ1n) is 8.61. The van der Waals surface area contributed by atoms with Gasteiger partial charge in [0, 0.05) is 26.2 Å². The molecule has 3 rings (SSSR count). The predicted octanol–water partition coefficient (Wildman–Crippen LogP) is 1.81. The topological polar surface area (TPSA) is 61.9 Å². The van der Waals surface area contributed by atoms with Crippen LogP contribution in [0.2, 0.25) is 0 Å². The second-order valence-electron chi connectivity index (χ2n) is 6.79. The molecule has 1 aromatic rings. The number of likely N-dealkylation sites (N-methyl/N-ethyl adjacent to an activating group) is 1. The van der Waals surface area contributed by atoms with E-state index >= 15 is 0 Å². The number of carbonyl (C=O) groups is 2. The number of fused-ring (bicyclic) bond motifs is 1. The van der Waals surface area contributed by atoms with Crippen molar-refractivity contribution in [1.29, 1.82) is 0 Å². The monoisotopic (exact) mass is 343 g/mol. The zero-order valence-corrected chi connectivity index (χ0v) is 15.0. The Morgan fingerprint density at radius 1 is 1.40 bits per heavy atom. The maximum atomic E-state index is 12.6. The van der Waals surface area contributed by atoms with Crippen molar-refractivity contribution >= 4 is 11.9 Å². The van der Waals surface area contributed by atoms with Crippen molar-refractivity contribution in [2.24, 2.45) is 0 Å². The molecule has 3 amide bonds. The van der Waals surface area contributed by atoms with Crippen molar-refractivity contribution in [3.8, 4) is 5.75 Å². The smallest absolute Gasteiger partial charge is 0.317 e. The molecule has 2 atom stereocenters. The number of nitrogens with one attached hydrogen (secondary N) is 1. The molecule has 1 N–H and O–H groups in total. The largest absolute Gasteiger partial charge is 0.496 e. The minimum Gasteiger partial charge on any atom is -0.496 e. The summed E-state index contributed by atoms with van der Waals surface area (Å²) < 4.78 is 5.37. The molecule has 2 aliphatic heterocycles. The van der Waals surface area contributed by atoms with Gasteiger partial charge in [-0.05, 0) is 31.4 Å². The highest BCUT2D eigenvalue weighted by Gasteiger charge is 2.41. The fourth-order valence-electron chi connectivity index (χ4n) is 3.66. The van der Waals surface area contributed by atoms with Crippen LogP contribution in [-0.2, 0) is 11.2 Å². The summed E-state index contributed by atoms with van der Waals surface area (Å²) in [6, 6.07) is 8.01. The summed E-state index contributed by atoms with van der Waals surface area (Å²) in [6.45, 7) is 3.21. The van der Waals surface area contributed by atoms with Crippen molar-refractivity contribution in [2.45, 2.75) is 31.8 Å². The molecule has 0 bridgehead atoms. The maximum Gasteiger partial charge on any atom is 0.317 e. The SMILES string of the molecule is COc1ccccc1C/C(C)=C/C(=O)N1CC[C@H]2[C@@H](C1)NC(=O)N2C. The molecule has 0 aromatic heterocycles. The highest BCUT2D eigenvalue weighted by molar-refractivity contribution is 5.88. The summed E-state index contributed by atoms with van der Waals surface area (Å²) in [7, 11) is 3.47. The average Bonchev–Trinajstić information content (AvgIpc) is 2.89. The first kappa shape index (κ1) is 17.3. The van der Waals surface area contributed by atoms with E-state index in [4.69, 9.17) is 4.74 Å². The normalized spacial score (nSPS) is 23.3. The van der Waals surface area contributed by atoms with Crippen molar-refractivity contribution in [2.75, 3.05) is 27.2 Å². The van der Waals surface area contributed by atoms with Crippen molar-refractivity contribution < 1.29 is 14.3 Å². The molecule has 0 saturated carbocycles. The zero-order chi connectivity index (χ0) is 18.0. The molecule has 0 unspecified atom stereocenters. The molecule has 2 fully saturated rings. The van der Waals surface area contributed by atoms with Crippen LogP contribution >= 0.6 is 0 Å². The van der Waals surface area contributed by atoms with E-state index in [1.165, 1.54) is 0 Å². The van der Waals surface area contributed by atoms with Gasteiger partial charge in [-0.1, -0.05) is 23.8 Å². The summed E-state index contributed by atoms with van der Waals surface area (Å²) in [4.78, 5) is 27.9. The maximum absolute atomic E-state index is 12.6. The Hall–Kier alpha value is -2.50. The molecular formula is C19H25N3O3. The van der Waals surface area contributed by atoms with Gasteiger partial charge in [0.15, 0.2) is 0 Å². The number of amides is 3. The quantitative estimate of drug-likeness (QED) is 0.848. The predicted molar refractivity (Wildman–Crippen MR) is 95.5 cm³/mol. The Kier molecular flexibility index (Phi) is 4.97. The van der Waals surface area contributed by atoms with Crippen molar-refractivity contribution in [3.63, 3.8) is 0 Å². The zero-order valence-electron chi connectivity index (χ0n) is 15.0. The van der Waals surface area contributed by atoms with Crippen LogP contribution in [0.5, 0.6) is 5.75 Å². The third-order valence-electron chi connectivity index (χ3n) is 5.05. The van der Waals surface area contributed by atoms with Crippen LogP contribution in [0, 0.1) is 0 Å². The number of piperidine rings is 1. The van der Waals surface area contributed by atoms with Crippen LogP contribution in [0.1, 0.15) is 18.9 Å². The van der Waals surface area contributed by atoms with E-state index in [0.717, 1.165) is 23.3 Å². The lowest BCUT2D eigenvalue weighted by Crippen LogP contribution is -2.52. The fourth-order valence-corrected chi connectivity index (χ4v) is 3.66. The minimum atomic E-state index is -0.0489. The average molecular weight is 343 g/mol. The standard InChI is InChI=1S/C19H25N3O3/c1-13(10-14-6-4-5-7-17(14)25-3)11-18(23)22-9-8-16-15(12-22)20-19(24)21(16)2/h4-7,11,15-16H,8-10,12H2,1-3H3,(H,20,24)/b13-11+/t15-,16+/m1/s1. The second-order valence-corrected chi connectivity index (χ2v) is 6.79. The Morgan fingerprint density at radius 2 is 2.16 bits per heavy atom. The van der Waals surface area contributed by atoms with Gasteiger partial charge in [0.1, 0.15) is 5.75 Å². The molecule has 6 nitrogen and oxygen atoms in total. The van der Waals surface area contributed by atoms with E-state index in [9.17, 15) is 9.59 Å². The van der Waals surface area contributed by atoms with Gasteiger partial charge in [-0.2, -0.15) is 0 Å². The van der Waals surface area contributed by atoms with Gasteiger partial charge in [0.25, 0.3) is 0 Å². The molecule has 2 aliphatic rings. The van der Waals surface area contributed by atoms with Crippen LogP contribution in [0.15, 0.2) is 35.9 Å². The fraction of sp³-hybridized carbons (Fsp3) is 0.474. The van der Waals surface area contributed by atoms with Crippen LogP contribution in [0.4, 0.5) is 4.79 Å².